The molecule has 1 aromatic heterocycles. The van der Waals surface area contributed by atoms with E-state index in [1.54, 1.807) is 12.1 Å². The van der Waals surface area contributed by atoms with Crippen LogP contribution in [0, 0.1) is 0 Å². The lowest BCUT2D eigenvalue weighted by molar-refractivity contribution is -0.139. The van der Waals surface area contributed by atoms with Gasteiger partial charge in [0.2, 0.25) is 0 Å². The molecule has 1 saturated heterocycles. The van der Waals surface area contributed by atoms with Gasteiger partial charge >= 0.3 is 5.97 Å². The first-order chi connectivity index (χ1) is 13.7. The fourth-order valence-electron chi connectivity index (χ4n) is 3.42. The molecule has 0 aliphatic carbocycles. The van der Waals surface area contributed by atoms with E-state index in [2.05, 4.69) is 16.5 Å². The Bertz CT molecular complexity index is 878. The molecule has 158 valence electrons. The van der Waals surface area contributed by atoms with Crippen molar-refractivity contribution in [3.05, 3.63) is 36.5 Å². The van der Waals surface area contributed by atoms with Gasteiger partial charge in [-0.1, -0.05) is 0 Å². The minimum absolute atomic E-state index is 0.285. The van der Waals surface area contributed by atoms with Crippen LogP contribution in [0.2, 0.25) is 0 Å². The van der Waals surface area contributed by atoms with Crippen LogP contribution in [0.1, 0.15) is 45.5 Å². The number of aromatic nitrogens is 2. The molecule has 0 radical (unpaired) electrons. The van der Waals surface area contributed by atoms with Crippen molar-refractivity contribution in [2.24, 2.45) is 0 Å². The molecule has 3 rings (SSSR count). The van der Waals surface area contributed by atoms with Gasteiger partial charge < -0.3 is 29.2 Å². The number of aliphatic carboxylic acids is 1. The van der Waals surface area contributed by atoms with Crippen molar-refractivity contribution in [3.63, 3.8) is 0 Å². The number of hydrogen-bond donors (Lipinski definition) is 2. The lowest BCUT2D eigenvalue weighted by Crippen LogP contribution is -2.27. The molecule has 1 aliphatic heterocycles. The number of nitrogens with one attached hydrogen (secondary N) is 1. The summed E-state index contributed by atoms with van der Waals surface area (Å²) in [7, 11) is 0. The third kappa shape index (κ3) is 5.63. The molecule has 0 saturated carbocycles. The van der Waals surface area contributed by atoms with Crippen molar-refractivity contribution < 1.29 is 24.1 Å². The Hall–Kier alpha value is -2.74. The summed E-state index contributed by atoms with van der Waals surface area (Å²) >= 11 is 0. The SMILES string of the molecule is C=C(NCc1nc2cc(OCC(=O)O)ccc2n1C1CCOCC1)OC(C)(C)C. The maximum Gasteiger partial charge on any atom is 0.341 e. The molecule has 0 spiro atoms. The largest absolute Gasteiger partial charge is 0.482 e. The van der Waals surface area contributed by atoms with Gasteiger partial charge in [-0.2, -0.15) is 0 Å². The van der Waals surface area contributed by atoms with E-state index in [-0.39, 0.29) is 18.2 Å². The number of ether oxygens (including phenoxy) is 3. The maximum atomic E-state index is 10.8. The topological polar surface area (TPSA) is 94.8 Å². The van der Waals surface area contributed by atoms with Gasteiger partial charge in [-0.05, 0) is 52.3 Å². The van der Waals surface area contributed by atoms with Crippen LogP contribution in [0.4, 0.5) is 0 Å². The second-order valence-corrected chi connectivity index (χ2v) is 8.07. The Labute approximate surface area is 170 Å². The van der Waals surface area contributed by atoms with Crippen molar-refractivity contribution in [1.82, 2.24) is 14.9 Å². The monoisotopic (exact) mass is 403 g/mol. The Morgan fingerprint density at radius 1 is 1.38 bits per heavy atom. The molecule has 8 heteroatoms. The number of carboxylic acid groups (broad SMARTS) is 1. The summed E-state index contributed by atoms with van der Waals surface area (Å²) in [6.07, 6.45) is 1.82. The summed E-state index contributed by atoms with van der Waals surface area (Å²) in [5.41, 5.74) is 1.42. The predicted molar refractivity (Wildman–Crippen MR) is 109 cm³/mol. The molecule has 0 amide bonds. The minimum atomic E-state index is -1.01. The molecule has 1 aromatic carbocycles. The third-order valence-electron chi connectivity index (χ3n) is 4.53. The van der Waals surface area contributed by atoms with E-state index in [9.17, 15) is 4.79 Å². The lowest BCUT2D eigenvalue weighted by Gasteiger charge is -2.27. The van der Waals surface area contributed by atoms with Crippen molar-refractivity contribution in [1.29, 1.82) is 0 Å². The molecule has 2 heterocycles. The Morgan fingerprint density at radius 2 is 2.10 bits per heavy atom. The fraction of sp³-hybridized carbons (Fsp3) is 0.524. The lowest BCUT2D eigenvalue weighted by atomic mass is 10.1. The average molecular weight is 403 g/mol. The molecule has 29 heavy (non-hydrogen) atoms. The smallest absolute Gasteiger partial charge is 0.341 e. The van der Waals surface area contributed by atoms with Gasteiger partial charge in [0.1, 0.15) is 17.2 Å². The van der Waals surface area contributed by atoms with E-state index in [4.69, 9.17) is 24.3 Å². The van der Waals surface area contributed by atoms with Crippen LogP contribution in [0.25, 0.3) is 11.0 Å². The molecule has 0 unspecified atom stereocenters. The van der Waals surface area contributed by atoms with Crippen molar-refractivity contribution in [3.8, 4) is 5.75 Å². The second-order valence-electron chi connectivity index (χ2n) is 8.07. The Kier molecular flexibility index (Phi) is 6.32. The molecular weight excluding hydrogens is 374 g/mol. The zero-order valence-electron chi connectivity index (χ0n) is 17.2. The van der Waals surface area contributed by atoms with Gasteiger partial charge in [0, 0.05) is 25.3 Å². The molecular formula is C21H29N3O5. The fourth-order valence-corrected chi connectivity index (χ4v) is 3.42. The first kappa shape index (κ1) is 21.0. The molecule has 1 fully saturated rings. The number of carbonyl (C=O) groups is 1. The highest BCUT2D eigenvalue weighted by molar-refractivity contribution is 5.78. The van der Waals surface area contributed by atoms with E-state index < -0.39 is 5.97 Å². The van der Waals surface area contributed by atoms with E-state index in [0.717, 1.165) is 42.9 Å². The van der Waals surface area contributed by atoms with Crippen LogP contribution in [0.15, 0.2) is 30.7 Å². The summed E-state index contributed by atoms with van der Waals surface area (Å²) in [6, 6.07) is 5.77. The normalized spacial score (nSPS) is 15.3. The first-order valence-corrected chi connectivity index (χ1v) is 9.78. The summed E-state index contributed by atoms with van der Waals surface area (Å²) in [6.45, 7) is 11.4. The second kappa shape index (κ2) is 8.73. The quantitative estimate of drug-likeness (QED) is 0.654. The van der Waals surface area contributed by atoms with Gasteiger partial charge in [-0.15, -0.1) is 0 Å². The predicted octanol–water partition coefficient (Wildman–Crippen LogP) is 3.23. The van der Waals surface area contributed by atoms with Gasteiger partial charge in [0.05, 0.1) is 17.6 Å². The summed E-state index contributed by atoms with van der Waals surface area (Å²) < 4.78 is 18.8. The van der Waals surface area contributed by atoms with Crippen LogP contribution in [-0.2, 0) is 20.8 Å². The summed E-state index contributed by atoms with van der Waals surface area (Å²) in [5, 5.41) is 12.0. The van der Waals surface area contributed by atoms with E-state index in [0.29, 0.717) is 18.2 Å². The molecule has 2 N–H and O–H groups in total. The average Bonchev–Trinajstić information content (AvgIpc) is 3.01. The van der Waals surface area contributed by atoms with Crippen molar-refractivity contribution >= 4 is 17.0 Å². The molecule has 0 atom stereocenters. The summed E-state index contributed by atoms with van der Waals surface area (Å²) in [5.74, 6) is 0.825. The standard InChI is InChI=1S/C21H29N3O5/c1-14(29-21(2,3)4)22-12-19-23-17-11-16(28-13-20(25)26)5-6-18(17)24(19)15-7-9-27-10-8-15/h5-6,11,15,22H,1,7-10,12-13H2,2-4H3,(H,25,26). The minimum Gasteiger partial charge on any atom is -0.482 e. The zero-order valence-corrected chi connectivity index (χ0v) is 17.2. The van der Waals surface area contributed by atoms with Gasteiger partial charge in [0.15, 0.2) is 12.5 Å². The van der Waals surface area contributed by atoms with Crippen LogP contribution in [0.3, 0.4) is 0 Å². The van der Waals surface area contributed by atoms with Crippen LogP contribution >= 0.6 is 0 Å². The molecule has 0 bridgehead atoms. The summed E-state index contributed by atoms with van der Waals surface area (Å²) in [4.78, 5) is 15.5. The van der Waals surface area contributed by atoms with Crippen LogP contribution in [0.5, 0.6) is 5.75 Å². The number of carboxylic acids is 1. The van der Waals surface area contributed by atoms with E-state index in [1.165, 1.54) is 0 Å². The third-order valence-corrected chi connectivity index (χ3v) is 4.53. The highest BCUT2D eigenvalue weighted by Gasteiger charge is 2.22. The maximum absolute atomic E-state index is 10.8. The van der Waals surface area contributed by atoms with Gasteiger partial charge in [-0.3, -0.25) is 0 Å². The molecule has 2 aromatic rings. The van der Waals surface area contributed by atoms with Gasteiger partial charge in [-0.25, -0.2) is 9.78 Å². The highest BCUT2D eigenvalue weighted by Crippen LogP contribution is 2.30. The highest BCUT2D eigenvalue weighted by atomic mass is 16.5. The number of hydrogen-bond acceptors (Lipinski definition) is 6. The number of benzene rings is 1. The Balaban J connectivity index is 1.86. The first-order valence-electron chi connectivity index (χ1n) is 9.78. The van der Waals surface area contributed by atoms with E-state index >= 15 is 0 Å². The van der Waals surface area contributed by atoms with Crippen molar-refractivity contribution in [2.45, 2.75) is 51.8 Å². The van der Waals surface area contributed by atoms with Crippen molar-refractivity contribution in [2.75, 3.05) is 19.8 Å². The van der Waals surface area contributed by atoms with Gasteiger partial charge in [0.25, 0.3) is 0 Å². The number of imidazole rings is 1. The molecule has 8 nitrogen and oxygen atoms in total. The Morgan fingerprint density at radius 3 is 2.76 bits per heavy atom. The number of nitrogens with zero attached hydrogens (tertiary/aromatic N) is 2. The molecule has 1 aliphatic rings. The van der Waals surface area contributed by atoms with Crippen LogP contribution in [-0.4, -0.2) is 46.0 Å². The number of rotatable bonds is 8. The number of fused-ring (bicyclic) bond motifs is 1. The van der Waals surface area contributed by atoms with E-state index in [1.807, 2.05) is 26.8 Å². The zero-order chi connectivity index (χ0) is 21.0. The van der Waals surface area contributed by atoms with Crippen LogP contribution < -0.4 is 10.1 Å².